The molecule has 0 radical (unpaired) electrons. The Morgan fingerprint density at radius 3 is 2.35 bits per heavy atom. The first-order chi connectivity index (χ1) is 7.70. The maximum Gasteiger partial charge on any atom is 0.140 e. The van der Waals surface area contributed by atoms with Crippen LogP contribution >= 0.6 is 27.9 Å². The van der Waals surface area contributed by atoms with Gasteiger partial charge in [0, 0.05) is 16.4 Å². The number of halogens is 3. The van der Waals surface area contributed by atoms with Crippen molar-refractivity contribution >= 4 is 33.6 Å². The maximum atomic E-state index is 13.5. The topological polar surface area (TPSA) is 12.4 Å². The van der Waals surface area contributed by atoms with Crippen LogP contribution < -0.4 is 0 Å². The molecule has 0 bridgehead atoms. The van der Waals surface area contributed by atoms with Crippen molar-refractivity contribution in [3.8, 4) is 0 Å². The lowest BCUT2D eigenvalue weighted by molar-refractivity contribution is 0.577. The zero-order valence-electron chi connectivity index (χ0n) is 10.1. The smallest absolute Gasteiger partial charge is 0.140 e. The summed E-state index contributed by atoms with van der Waals surface area (Å²) in [4.78, 5) is 0. The highest BCUT2D eigenvalue weighted by molar-refractivity contribution is 9.10. The van der Waals surface area contributed by atoms with E-state index in [0.717, 1.165) is 6.07 Å². The van der Waals surface area contributed by atoms with Crippen LogP contribution in [0.3, 0.4) is 0 Å². The Morgan fingerprint density at radius 1 is 1.24 bits per heavy atom. The van der Waals surface area contributed by atoms with Gasteiger partial charge in [-0.3, -0.25) is 0 Å². The lowest BCUT2D eigenvalue weighted by Gasteiger charge is -2.14. The molecule has 0 unspecified atom stereocenters. The summed E-state index contributed by atoms with van der Waals surface area (Å²) in [6, 6.07) is 2.27. The Morgan fingerprint density at radius 2 is 1.82 bits per heavy atom. The van der Waals surface area contributed by atoms with Crippen molar-refractivity contribution in [1.82, 2.24) is 0 Å². The highest BCUT2D eigenvalue weighted by Crippen LogP contribution is 2.26. The largest absolute Gasteiger partial charge is 0.220 e. The van der Waals surface area contributed by atoms with E-state index in [-0.39, 0.29) is 9.22 Å². The van der Waals surface area contributed by atoms with E-state index < -0.39 is 11.6 Å². The van der Waals surface area contributed by atoms with Crippen LogP contribution in [0.1, 0.15) is 33.3 Å². The molecule has 1 nitrogen and oxygen atoms in total. The lowest BCUT2D eigenvalue weighted by Crippen LogP contribution is -2.07. The molecule has 1 aromatic rings. The van der Waals surface area contributed by atoms with Crippen molar-refractivity contribution in [2.24, 2.45) is 4.40 Å². The minimum atomic E-state index is -0.609. The van der Waals surface area contributed by atoms with Crippen LogP contribution in [0.25, 0.3) is 0 Å². The summed E-state index contributed by atoms with van der Waals surface area (Å²) < 4.78 is 31.1. The van der Waals surface area contributed by atoms with Crippen molar-refractivity contribution in [3.05, 3.63) is 33.8 Å². The van der Waals surface area contributed by atoms with Crippen LogP contribution in [-0.2, 0) is 0 Å². The van der Waals surface area contributed by atoms with Crippen LogP contribution in [0, 0.1) is 11.6 Å². The van der Waals surface area contributed by atoms with Crippen molar-refractivity contribution in [2.45, 2.75) is 32.4 Å². The molecule has 0 heterocycles. The zero-order valence-corrected chi connectivity index (χ0v) is 12.5. The fraction of sp³-hybridized carbons (Fsp3) is 0.417. The molecule has 0 atom stereocenters. The Hall–Kier alpha value is -0.420. The predicted octanol–water partition coefficient (Wildman–Crippen LogP) is 4.98. The van der Waals surface area contributed by atoms with Gasteiger partial charge in [0.05, 0.1) is 10.2 Å². The average Bonchev–Trinajstić information content (AvgIpc) is 2.19. The van der Waals surface area contributed by atoms with E-state index >= 15 is 0 Å². The number of hydrogen-bond donors (Lipinski definition) is 0. The molecule has 0 aliphatic rings. The van der Waals surface area contributed by atoms with Crippen molar-refractivity contribution in [2.75, 3.05) is 0 Å². The first-order valence-corrected chi connectivity index (χ1v) is 6.65. The summed E-state index contributed by atoms with van der Waals surface area (Å²) in [5, 5.41) is 0. The molecule has 0 saturated carbocycles. The molecular formula is C12H14BrF2NS. The van der Waals surface area contributed by atoms with Crippen LogP contribution in [-0.4, -0.2) is 10.5 Å². The highest BCUT2D eigenvalue weighted by Gasteiger charge is 2.13. The first kappa shape index (κ1) is 14.6. The average molecular weight is 322 g/mol. The van der Waals surface area contributed by atoms with Gasteiger partial charge in [0.25, 0.3) is 0 Å². The Kier molecular flexibility index (Phi) is 4.72. The van der Waals surface area contributed by atoms with Gasteiger partial charge in [-0.1, -0.05) is 0 Å². The molecule has 0 amide bonds. The molecule has 94 valence electrons. The normalized spacial score (nSPS) is 13.0. The number of nitrogens with zero attached hydrogens (tertiary/aromatic N) is 1. The molecule has 0 N–H and O–H groups in total. The Bertz CT molecular complexity index is 453. The number of benzene rings is 1. The summed E-state index contributed by atoms with van der Waals surface area (Å²) in [6.45, 7) is 7.77. The number of rotatable bonds is 2. The molecule has 5 heteroatoms. The molecule has 0 saturated heterocycles. The van der Waals surface area contributed by atoms with Crippen molar-refractivity contribution in [3.63, 3.8) is 0 Å². The van der Waals surface area contributed by atoms with E-state index in [9.17, 15) is 8.78 Å². The van der Waals surface area contributed by atoms with Gasteiger partial charge in [-0.05, 0) is 61.6 Å². The summed E-state index contributed by atoms with van der Waals surface area (Å²) >= 11 is 4.40. The predicted molar refractivity (Wildman–Crippen MR) is 73.6 cm³/mol. The molecule has 0 spiro atoms. The Labute approximate surface area is 113 Å². The van der Waals surface area contributed by atoms with E-state index in [1.807, 2.05) is 20.8 Å². The maximum absolute atomic E-state index is 13.5. The summed E-state index contributed by atoms with van der Waals surface area (Å²) in [5.41, 5.74) is 0.859. The quantitative estimate of drug-likeness (QED) is 0.425. The second-order valence-corrected chi connectivity index (χ2v) is 7.07. The molecular weight excluding hydrogens is 308 g/mol. The van der Waals surface area contributed by atoms with Gasteiger partial charge < -0.3 is 0 Å². The van der Waals surface area contributed by atoms with Gasteiger partial charge in [-0.15, -0.1) is 0 Å². The van der Waals surface area contributed by atoms with Gasteiger partial charge in [0.1, 0.15) is 11.6 Å². The third-order valence-electron chi connectivity index (χ3n) is 1.86. The van der Waals surface area contributed by atoms with Crippen molar-refractivity contribution < 1.29 is 8.78 Å². The van der Waals surface area contributed by atoms with Gasteiger partial charge in [-0.25, -0.2) is 13.2 Å². The van der Waals surface area contributed by atoms with Gasteiger partial charge >= 0.3 is 0 Å². The van der Waals surface area contributed by atoms with E-state index in [2.05, 4.69) is 20.3 Å². The molecule has 1 aromatic carbocycles. The van der Waals surface area contributed by atoms with Crippen LogP contribution in [0.4, 0.5) is 8.78 Å². The fourth-order valence-corrected chi connectivity index (χ4v) is 1.91. The molecule has 0 aliphatic carbocycles. The highest BCUT2D eigenvalue weighted by atomic mass is 79.9. The third-order valence-corrected chi connectivity index (χ3v) is 3.38. The molecule has 1 rings (SSSR count). The van der Waals surface area contributed by atoms with E-state index in [4.69, 9.17) is 0 Å². The Balaban J connectivity index is 3.04. The fourth-order valence-electron chi connectivity index (χ4n) is 1.05. The van der Waals surface area contributed by atoms with Crippen LogP contribution in [0.2, 0.25) is 0 Å². The first-order valence-electron chi connectivity index (χ1n) is 5.08. The van der Waals surface area contributed by atoms with Crippen LogP contribution in [0.15, 0.2) is 21.0 Å². The molecule has 0 aromatic heterocycles. The standard InChI is InChI=1S/C12H14BrF2NS/c1-7(16-17-12(2,3)4)8-5-9(13)11(15)6-10(8)14/h5-6H,1-4H3. The van der Waals surface area contributed by atoms with E-state index in [0.29, 0.717) is 11.3 Å². The SMILES string of the molecule is CC(=NSC(C)(C)C)c1cc(Br)c(F)cc1F. The second kappa shape index (κ2) is 5.48. The van der Waals surface area contributed by atoms with E-state index in [1.165, 1.54) is 18.0 Å². The third kappa shape index (κ3) is 4.39. The van der Waals surface area contributed by atoms with Gasteiger partial charge in [-0.2, -0.15) is 0 Å². The molecule has 17 heavy (non-hydrogen) atoms. The zero-order chi connectivity index (χ0) is 13.2. The molecule has 0 aliphatic heterocycles. The lowest BCUT2D eigenvalue weighted by atomic mass is 10.1. The van der Waals surface area contributed by atoms with Crippen molar-refractivity contribution in [1.29, 1.82) is 0 Å². The minimum Gasteiger partial charge on any atom is -0.220 e. The summed E-state index contributed by atoms with van der Waals surface area (Å²) in [6.07, 6.45) is 0. The summed E-state index contributed by atoms with van der Waals surface area (Å²) in [7, 11) is 0. The second-order valence-electron chi connectivity index (χ2n) is 4.63. The van der Waals surface area contributed by atoms with Gasteiger partial charge in [0.15, 0.2) is 0 Å². The monoisotopic (exact) mass is 321 g/mol. The van der Waals surface area contributed by atoms with Crippen LogP contribution in [0.5, 0.6) is 0 Å². The van der Waals surface area contributed by atoms with E-state index in [1.54, 1.807) is 6.92 Å². The number of hydrogen-bond acceptors (Lipinski definition) is 2. The molecule has 0 fully saturated rings. The summed E-state index contributed by atoms with van der Waals surface area (Å²) in [5.74, 6) is -1.20. The van der Waals surface area contributed by atoms with Gasteiger partial charge in [0.2, 0.25) is 0 Å². The minimum absolute atomic E-state index is 0.0327.